The summed E-state index contributed by atoms with van der Waals surface area (Å²) in [6.45, 7) is 4.29. The fourth-order valence-corrected chi connectivity index (χ4v) is 1.63. The van der Waals surface area contributed by atoms with Crippen molar-refractivity contribution in [2.24, 2.45) is 5.73 Å². The molecule has 0 spiro atoms. The second kappa shape index (κ2) is 8.38. The van der Waals surface area contributed by atoms with Crippen LogP contribution in [0.15, 0.2) is 0 Å². The van der Waals surface area contributed by atoms with E-state index >= 15 is 0 Å². The van der Waals surface area contributed by atoms with E-state index in [1.165, 1.54) is 0 Å². The molecule has 3 nitrogen and oxygen atoms in total. The highest BCUT2D eigenvalue weighted by Gasteiger charge is 2.01. The van der Waals surface area contributed by atoms with Gasteiger partial charge in [0.2, 0.25) is 0 Å². The Morgan fingerprint density at radius 2 is 2.31 bits per heavy atom. The molecule has 0 aromatic heterocycles. The summed E-state index contributed by atoms with van der Waals surface area (Å²) in [6, 6.07) is 0.267. The number of carbonyl (C=O) groups is 1. The quantitative estimate of drug-likeness (QED) is 0.504. The zero-order chi connectivity index (χ0) is 10.1. The van der Waals surface area contributed by atoms with Crippen LogP contribution in [0.25, 0.3) is 0 Å². The number of esters is 1. The lowest BCUT2D eigenvalue weighted by molar-refractivity contribution is -0.139. The molecule has 2 N–H and O–H groups in total. The van der Waals surface area contributed by atoms with Crippen LogP contribution in [-0.2, 0) is 9.53 Å². The number of ether oxygens (including phenoxy) is 1. The predicted molar refractivity (Wildman–Crippen MR) is 56.8 cm³/mol. The molecule has 1 atom stereocenters. The summed E-state index contributed by atoms with van der Waals surface area (Å²) in [5, 5.41) is 0. The van der Waals surface area contributed by atoms with Crippen molar-refractivity contribution in [2.75, 3.05) is 18.1 Å². The van der Waals surface area contributed by atoms with Crippen LogP contribution in [0.3, 0.4) is 0 Å². The summed E-state index contributed by atoms with van der Waals surface area (Å²) in [5.41, 5.74) is 5.58. The lowest BCUT2D eigenvalue weighted by Crippen LogP contribution is -2.14. The van der Waals surface area contributed by atoms with Crippen molar-refractivity contribution in [3.05, 3.63) is 0 Å². The molecule has 0 aromatic carbocycles. The predicted octanol–water partition coefficient (Wildman–Crippen LogP) is 1.41. The summed E-state index contributed by atoms with van der Waals surface area (Å²) in [6.07, 6.45) is 2.09. The number of hydrogen-bond acceptors (Lipinski definition) is 4. The van der Waals surface area contributed by atoms with Crippen LogP contribution in [0.5, 0.6) is 0 Å². The van der Waals surface area contributed by atoms with Gasteiger partial charge >= 0.3 is 5.97 Å². The van der Waals surface area contributed by atoms with Crippen molar-refractivity contribution in [1.29, 1.82) is 0 Å². The molecule has 0 saturated heterocycles. The summed E-state index contributed by atoms with van der Waals surface area (Å²) < 4.78 is 4.79. The first-order chi connectivity index (χ1) is 6.16. The van der Waals surface area contributed by atoms with Gasteiger partial charge in [-0.15, -0.1) is 0 Å². The van der Waals surface area contributed by atoms with Gasteiger partial charge in [0.25, 0.3) is 0 Å². The molecule has 0 rings (SSSR count). The first-order valence-corrected chi connectivity index (χ1v) is 5.81. The van der Waals surface area contributed by atoms with Crippen molar-refractivity contribution in [1.82, 2.24) is 0 Å². The summed E-state index contributed by atoms with van der Waals surface area (Å²) in [5.74, 6) is 1.33. The van der Waals surface area contributed by atoms with E-state index in [0.717, 1.165) is 18.6 Å². The molecule has 0 saturated carbocycles. The van der Waals surface area contributed by atoms with E-state index < -0.39 is 0 Å². The second-order valence-electron chi connectivity index (χ2n) is 2.98. The Bertz CT molecular complexity index is 140. The molecule has 13 heavy (non-hydrogen) atoms. The lowest BCUT2D eigenvalue weighted by Gasteiger charge is -2.04. The largest absolute Gasteiger partial charge is 0.465 e. The van der Waals surface area contributed by atoms with Gasteiger partial charge in [-0.1, -0.05) is 0 Å². The fourth-order valence-electron chi connectivity index (χ4n) is 0.866. The lowest BCUT2D eigenvalue weighted by atomic mass is 10.2. The van der Waals surface area contributed by atoms with E-state index in [-0.39, 0.29) is 12.0 Å². The average molecular weight is 205 g/mol. The van der Waals surface area contributed by atoms with Gasteiger partial charge in [0, 0.05) is 6.04 Å². The number of carbonyl (C=O) groups excluding carboxylic acids is 1. The number of hydrogen-bond donors (Lipinski definition) is 1. The Hall–Kier alpha value is -0.220. The Morgan fingerprint density at radius 1 is 1.62 bits per heavy atom. The molecule has 1 unspecified atom stereocenters. The first kappa shape index (κ1) is 12.8. The zero-order valence-electron chi connectivity index (χ0n) is 8.41. The third-order valence-electron chi connectivity index (χ3n) is 1.47. The third-order valence-corrected chi connectivity index (χ3v) is 2.49. The first-order valence-electron chi connectivity index (χ1n) is 4.65. The van der Waals surface area contributed by atoms with Crippen molar-refractivity contribution in [3.8, 4) is 0 Å². The highest BCUT2D eigenvalue weighted by atomic mass is 32.2. The molecule has 78 valence electrons. The summed E-state index contributed by atoms with van der Waals surface area (Å²) in [7, 11) is 0. The van der Waals surface area contributed by atoms with Crippen LogP contribution < -0.4 is 5.73 Å². The van der Waals surface area contributed by atoms with E-state index in [1.54, 1.807) is 11.8 Å². The van der Waals surface area contributed by atoms with Crippen LogP contribution in [0.4, 0.5) is 0 Å². The van der Waals surface area contributed by atoms with Gasteiger partial charge in [0.15, 0.2) is 0 Å². The van der Waals surface area contributed by atoms with E-state index in [9.17, 15) is 4.79 Å². The molecular weight excluding hydrogens is 186 g/mol. The molecule has 0 bridgehead atoms. The molecule has 0 aliphatic rings. The van der Waals surface area contributed by atoms with Crippen molar-refractivity contribution in [3.63, 3.8) is 0 Å². The van der Waals surface area contributed by atoms with Gasteiger partial charge in [-0.05, 0) is 32.4 Å². The monoisotopic (exact) mass is 205 g/mol. The average Bonchev–Trinajstić information content (AvgIpc) is 2.03. The fraction of sp³-hybridized carbons (Fsp3) is 0.889. The van der Waals surface area contributed by atoms with E-state index in [1.807, 2.05) is 13.8 Å². The molecule has 0 amide bonds. The van der Waals surface area contributed by atoms with E-state index in [0.29, 0.717) is 12.4 Å². The molecule has 0 heterocycles. The number of nitrogens with two attached hydrogens (primary N) is 1. The Labute approximate surface area is 84.4 Å². The normalized spacial score (nSPS) is 12.5. The molecule has 4 heteroatoms. The maximum atomic E-state index is 10.9. The van der Waals surface area contributed by atoms with Crippen LogP contribution in [0.1, 0.15) is 26.7 Å². The Kier molecular flexibility index (Phi) is 8.24. The highest BCUT2D eigenvalue weighted by molar-refractivity contribution is 7.99. The van der Waals surface area contributed by atoms with Gasteiger partial charge < -0.3 is 10.5 Å². The van der Waals surface area contributed by atoms with Crippen LogP contribution >= 0.6 is 11.8 Å². The van der Waals surface area contributed by atoms with Gasteiger partial charge in [0.1, 0.15) is 0 Å². The number of rotatable bonds is 7. The van der Waals surface area contributed by atoms with Crippen molar-refractivity contribution < 1.29 is 9.53 Å². The van der Waals surface area contributed by atoms with Gasteiger partial charge in [-0.3, -0.25) is 4.79 Å². The molecule has 0 fully saturated rings. The van der Waals surface area contributed by atoms with Crippen LogP contribution in [0, 0.1) is 0 Å². The zero-order valence-corrected chi connectivity index (χ0v) is 9.23. The Morgan fingerprint density at radius 3 is 2.85 bits per heavy atom. The van der Waals surface area contributed by atoms with Crippen molar-refractivity contribution in [2.45, 2.75) is 32.7 Å². The third kappa shape index (κ3) is 9.70. The van der Waals surface area contributed by atoms with Gasteiger partial charge in [-0.2, -0.15) is 11.8 Å². The highest BCUT2D eigenvalue weighted by Crippen LogP contribution is 2.06. The minimum absolute atomic E-state index is 0.117. The Balaban J connectivity index is 3.11. The van der Waals surface area contributed by atoms with E-state index in [2.05, 4.69) is 0 Å². The number of thioether (sulfide) groups is 1. The maximum absolute atomic E-state index is 10.9. The van der Waals surface area contributed by atoms with Crippen LogP contribution in [-0.4, -0.2) is 30.1 Å². The van der Waals surface area contributed by atoms with Crippen molar-refractivity contribution >= 4 is 17.7 Å². The van der Waals surface area contributed by atoms with Crippen LogP contribution in [0.2, 0.25) is 0 Å². The van der Waals surface area contributed by atoms with Gasteiger partial charge in [-0.25, -0.2) is 0 Å². The molecule has 0 aliphatic heterocycles. The van der Waals surface area contributed by atoms with Gasteiger partial charge in [0.05, 0.1) is 12.4 Å². The second-order valence-corrected chi connectivity index (χ2v) is 4.08. The smallest absolute Gasteiger partial charge is 0.315 e. The van der Waals surface area contributed by atoms with E-state index in [4.69, 9.17) is 10.5 Å². The SMILES string of the molecule is CCOC(=O)CSCCCC(C)N. The molecule has 0 aliphatic carbocycles. The summed E-state index contributed by atoms with van der Waals surface area (Å²) in [4.78, 5) is 10.9. The molecule has 0 aromatic rings. The summed E-state index contributed by atoms with van der Waals surface area (Å²) >= 11 is 1.61. The minimum Gasteiger partial charge on any atom is -0.465 e. The minimum atomic E-state index is -0.117. The topological polar surface area (TPSA) is 52.3 Å². The molecular formula is C9H19NO2S. The standard InChI is InChI=1S/C9H19NO2S/c1-3-12-9(11)7-13-6-4-5-8(2)10/h8H,3-7,10H2,1-2H3. The molecule has 0 radical (unpaired) electrons. The maximum Gasteiger partial charge on any atom is 0.315 e.